The number of amides is 2. The van der Waals surface area contributed by atoms with Crippen molar-refractivity contribution >= 4 is 17.7 Å². The smallest absolute Gasteiger partial charge is 0.340 e. The maximum atomic E-state index is 12.5. The van der Waals surface area contributed by atoms with Crippen molar-refractivity contribution in [2.45, 2.75) is 19.6 Å². The highest BCUT2D eigenvalue weighted by atomic mass is 16.7. The number of hydrogen-bond acceptors (Lipinski definition) is 7. The highest BCUT2D eigenvalue weighted by molar-refractivity contribution is 5.95. The van der Waals surface area contributed by atoms with Gasteiger partial charge >= 0.3 is 12.0 Å². The molecule has 2 amide bonds. The first kappa shape index (κ1) is 21.8. The maximum Gasteiger partial charge on any atom is 0.340 e. The van der Waals surface area contributed by atoms with Gasteiger partial charge in [0.15, 0.2) is 6.79 Å². The summed E-state index contributed by atoms with van der Waals surface area (Å²) < 4.78 is 15.6. The Balaban J connectivity index is 1.78. The molecule has 0 fully saturated rings. The number of methoxy groups -OCH3 is 1. The molecule has 0 radical (unpaired) electrons. The largest absolute Gasteiger partial charge is 0.489 e. The van der Waals surface area contributed by atoms with Crippen LogP contribution in [0, 0.1) is 10.1 Å². The van der Waals surface area contributed by atoms with E-state index in [4.69, 9.17) is 14.2 Å². The van der Waals surface area contributed by atoms with E-state index in [1.54, 1.807) is 43.3 Å². The summed E-state index contributed by atoms with van der Waals surface area (Å²) in [7, 11) is 1.40. The molecule has 0 spiro atoms. The van der Waals surface area contributed by atoms with E-state index in [9.17, 15) is 19.7 Å². The molecule has 2 aromatic carbocycles. The summed E-state index contributed by atoms with van der Waals surface area (Å²) >= 11 is 0. The van der Waals surface area contributed by atoms with Crippen molar-refractivity contribution in [2.75, 3.05) is 13.9 Å². The van der Waals surface area contributed by atoms with Gasteiger partial charge in [-0.15, -0.1) is 0 Å². The second-order valence-corrected chi connectivity index (χ2v) is 6.69. The van der Waals surface area contributed by atoms with Crippen LogP contribution in [0.25, 0.3) is 0 Å². The van der Waals surface area contributed by atoms with Gasteiger partial charge in [-0.2, -0.15) is 0 Å². The van der Waals surface area contributed by atoms with Crippen molar-refractivity contribution in [3.05, 3.63) is 81.0 Å². The lowest BCUT2D eigenvalue weighted by Gasteiger charge is -2.28. The number of ether oxygens (including phenoxy) is 3. The van der Waals surface area contributed by atoms with Gasteiger partial charge in [-0.05, 0) is 42.3 Å². The van der Waals surface area contributed by atoms with Gasteiger partial charge in [0.2, 0.25) is 0 Å². The summed E-state index contributed by atoms with van der Waals surface area (Å²) in [4.78, 5) is 34.8. The fourth-order valence-corrected chi connectivity index (χ4v) is 3.07. The number of allylic oxidation sites excluding steroid dienone is 1. The number of nitrogens with one attached hydrogen (secondary N) is 2. The van der Waals surface area contributed by atoms with Crippen LogP contribution in [0.5, 0.6) is 5.75 Å². The monoisotopic (exact) mass is 427 g/mol. The first-order valence-electron chi connectivity index (χ1n) is 9.29. The molecule has 3 rings (SSSR count). The number of esters is 1. The molecule has 0 saturated heterocycles. The van der Waals surface area contributed by atoms with Crippen LogP contribution in [0.15, 0.2) is 59.8 Å². The summed E-state index contributed by atoms with van der Waals surface area (Å²) in [6.45, 7) is 1.59. The Bertz CT molecular complexity index is 1020. The molecule has 162 valence electrons. The third kappa shape index (κ3) is 5.37. The van der Waals surface area contributed by atoms with E-state index in [2.05, 4.69) is 10.6 Å². The van der Waals surface area contributed by atoms with Crippen molar-refractivity contribution < 1.29 is 28.7 Å². The molecule has 1 aliphatic rings. The Morgan fingerprint density at radius 2 is 1.94 bits per heavy atom. The maximum absolute atomic E-state index is 12.5. The van der Waals surface area contributed by atoms with Crippen LogP contribution in [0.1, 0.15) is 24.1 Å². The molecular weight excluding hydrogens is 406 g/mol. The van der Waals surface area contributed by atoms with E-state index < -0.39 is 23.0 Å². The van der Waals surface area contributed by atoms with E-state index in [-0.39, 0.29) is 24.7 Å². The lowest BCUT2D eigenvalue weighted by Crippen LogP contribution is -2.45. The first-order chi connectivity index (χ1) is 14.9. The quantitative estimate of drug-likeness (QED) is 0.287. The van der Waals surface area contributed by atoms with Crippen LogP contribution < -0.4 is 15.4 Å². The third-order valence-electron chi connectivity index (χ3n) is 4.54. The summed E-state index contributed by atoms with van der Waals surface area (Å²) in [5.74, 6) is -0.111. The van der Waals surface area contributed by atoms with Crippen LogP contribution >= 0.6 is 0 Å². The van der Waals surface area contributed by atoms with Gasteiger partial charge in [0, 0.05) is 24.9 Å². The third-order valence-corrected chi connectivity index (χ3v) is 4.54. The standard InChI is InChI=1S/C21H21N3O7/c1-13-18(20(25)31-12-29-2)19(23-21(26)22-13)15-4-3-5-17(10-15)30-11-14-6-8-16(9-7-14)24(27)28/h3-10,19H,11-12H2,1-2H3,(H2,22,23,26). The molecule has 2 aromatic rings. The minimum atomic E-state index is -0.735. The van der Waals surface area contributed by atoms with Gasteiger partial charge in [0.05, 0.1) is 16.5 Å². The molecule has 10 heteroatoms. The van der Waals surface area contributed by atoms with Gasteiger partial charge in [0.25, 0.3) is 5.69 Å². The lowest BCUT2D eigenvalue weighted by molar-refractivity contribution is -0.384. The Morgan fingerprint density at radius 1 is 1.19 bits per heavy atom. The Kier molecular flexibility index (Phi) is 6.83. The molecule has 0 saturated carbocycles. The van der Waals surface area contributed by atoms with Gasteiger partial charge in [0.1, 0.15) is 12.4 Å². The fraction of sp³-hybridized carbons (Fsp3) is 0.238. The molecule has 1 atom stereocenters. The van der Waals surface area contributed by atoms with E-state index >= 15 is 0 Å². The Labute approximate surface area is 177 Å². The highest BCUT2D eigenvalue weighted by Gasteiger charge is 2.32. The average molecular weight is 427 g/mol. The topological polar surface area (TPSA) is 129 Å². The number of urea groups is 1. The molecule has 1 aliphatic heterocycles. The van der Waals surface area contributed by atoms with Crippen molar-refractivity contribution in [3.8, 4) is 5.75 Å². The fourth-order valence-electron chi connectivity index (χ4n) is 3.07. The summed E-state index contributed by atoms with van der Waals surface area (Å²) in [5, 5.41) is 16.0. The zero-order valence-electron chi connectivity index (χ0n) is 16.9. The average Bonchev–Trinajstić information content (AvgIpc) is 2.76. The van der Waals surface area contributed by atoms with Crippen molar-refractivity contribution in [3.63, 3.8) is 0 Å². The molecule has 0 bridgehead atoms. The number of carbonyl (C=O) groups excluding carboxylic acids is 2. The van der Waals surface area contributed by atoms with Gasteiger partial charge < -0.3 is 24.8 Å². The first-order valence-corrected chi connectivity index (χ1v) is 9.29. The number of nitro benzene ring substituents is 1. The number of hydrogen-bond donors (Lipinski definition) is 2. The summed E-state index contributed by atoms with van der Waals surface area (Å²) in [6, 6.07) is 11.8. The van der Waals surface area contributed by atoms with Crippen LogP contribution in [0.4, 0.5) is 10.5 Å². The van der Waals surface area contributed by atoms with Gasteiger partial charge in [-0.1, -0.05) is 12.1 Å². The number of rotatable bonds is 8. The highest BCUT2D eigenvalue weighted by Crippen LogP contribution is 2.30. The zero-order valence-corrected chi connectivity index (χ0v) is 16.9. The van der Waals surface area contributed by atoms with Crippen LogP contribution in [0.3, 0.4) is 0 Å². The van der Waals surface area contributed by atoms with Crippen LogP contribution in [-0.4, -0.2) is 30.8 Å². The van der Waals surface area contributed by atoms with Gasteiger partial charge in [-0.25, -0.2) is 9.59 Å². The zero-order chi connectivity index (χ0) is 22.4. The van der Waals surface area contributed by atoms with Crippen LogP contribution in [-0.2, 0) is 20.9 Å². The summed E-state index contributed by atoms with van der Waals surface area (Å²) in [5.41, 5.74) is 2.02. The Morgan fingerprint density at radius 3 is 2.61 bits per heavy atom. The minimum Gasteiger partial charge on any atom is -0.489 e. The number of nitro groups is 1. The SMILES string of the molecule is COCOC(=O)C1=C(C)NC(=O)NC1c1cccc(OCc2ccc([N+](=O)[O-])cc2)c1. The van der Waals surface area contributed by atoms with Crippen molar-refractivity contribution in [2.24, 2.45) is 0 Å². The molecular formula is C21H21N3O7. The minimum absolute atomic E-state index is 0.00226. The van der Waals surface area contributed by atoms with E-state index in [1.165, 1.54) is 19.2 Å². The molecule has 1 heterocycles. The molecule has 2 N–H and O–H groups in total. The summed E-state index contributed by atoms with van der Waals surface area (Å²) in [6.07, 6.45) is 0. The predicted molar refractivity (Wildman–Crippen MR) is 109 cm³/mol. The van der Waals surface area contributed by atoms with Gasteiger partial charge in [-0.3, -0.25) is 10.1 Å². The molecule has 1 unspecified atom stereocenters. The number of non-ortho nitro benzene ring substituents is 1. The van der Waals surface area contributed by atoms with E-state index in [0.717, 1.165) is 5.56 Å². The van der Waals surface area contributed by atoms with Crippen molar-refractivity contribution in [1.82, 2.24) is 10.6 Å². The number of carbonyl (C=O) groups is 2. The Hall–Kier alpha value is -3.92. The van der Waals surface area contributed by atoms with Crippen molar-refractivity contribution in [1.29, 1.82) is 0 Å². The molecule has 0 aromatic heterocycles. The predicted octanol–water partition coefficient (Wildman–Crippen LogP) is 2.95. The number of nitrogens with zero attached hydrogens (tertiary/aromatic N) is 1. The lowest BCUT2D eigenvalue weighted by atomic mass is 9.95. The second-order valence-electron chi connectivity index (χ2n) is 6.69. The molecule has 0 aliphatic carbocycles. The molecule has 10 nitrogen and oxygen atoms in total. The normalized spacial score (nSPS) is 15.7. The van der Waals surface area contributed by atoms with Crippen LogP contribution in [0.2, 0.25) is 0 Å². The van der Waals surface area contributed by atoms with E-state index in [1.807, 2.05) is 0 Å². The van der Waals surface area contributed by atoms with E-state index in [0.29, 0.717) is 17.0 Å². The molecule has 31 heavy (non-hydrogen) atoms. The number of benzene rings is 2. The second kappa shape index (κ2) is 9.72.